The van der Waals surface area contributed by atoms with Crippen LogP contribution >= 0.6 is 0 Å². The highest BCUT2D eigenvalue weighted by Crippen LogP contribution is 2.11. The van der Waals surface area contributed by atoms with Crippen molar-refractivity contribution in [1.29, 1.82) is 0 Å². The summed E-state index contributed by atoms with van der Waals surface area (Å²) in [6.07, 6.45) is 1.03. The molecule has 0 bridgehead atoms. The van der Waals surface area contributed by atoms with Gasteiger partial charge in [-0.1, -0.05) is 17.7 Å². The topological polar surface area (TPSA) is 59.1 Å². The zero-order chi connectivity index (χ0) is 17.9. The number of methoxy groups -OCH3 is 1. The molecule has 0 saturated heterocycles. The Labute approximate surface area is 144 Å². The Morgan fingerprint density at radius 2 is 1.71 bits per heavy atom. The number of hydrogen-bond acceptors (Lipinski definition) is 5. The van der Waals surface area contributed by atoms with E-state index >= 15 is 0 Å². The van der Waals surface area contributed by atoms with Crippen LogP contribution in [-0.4, -0.2) is 69.1 Å². The van der Waals surface area contributed by atoms with Crippen molar-refractivity contribution < 1.29 is 19.1 Å². The van der Waals surface area contributed by atoms with Gasteiger partial charge in [0.25, 0.3) is 5.91 Å². The highest BCUT2D eigenvalue weighted by molar-refractivity contribution is 5.78. The van der Waals surface area contributed by atoms with E-state index in [1.54, 1.807) is 4.90 Å². The molecule has 0 radical (unpaired) electrons. The minimum absolute atomic E-state index is 0.0355. The van der Waals surface area contributed by atoms with Crippen molar-refractivity contribution in [3.8, 4) is 5.75 Å². The third-order valence-electron chi connectivity index (χ3n) is 3.58. The molecule has 0 N–H and O–H groups in total. The fourth-order valence-electron chi connectivity index (χ4n) is 2.14. The summed E-state index contributed by atoms with van der Waals surface area (Å²) in [7, 11) is 5.32. The molecule has 134 valence electrons. The molecule has 0 aromatic heterocycles. The van der Waals surface area contributed by atoms with Crippen LogP contribution in [0.3, 0.4) is 0 Å². The number of aryl methyl sites for hydroxylation is 1. The van der Waals surface area contributed by atoms with Gasteiger partial charge in [0.15, 0.2) is 6.61 Å². The van der Waals surface area contributed by atoms with Gasteiger partial charge >= 0.3 is 5.97 Å². The predicted molar refractivity (Wildman–Crippen MR) is 93.1 cm³/mol. The Balaban J connectivity index is 2.53. The van der Waals surface area contributed by atoms with Crippen molar-refractivity contribution in [3.63, 3.8) is 0 Å². The van der Waals surface area contributed by atoms with E-state index in [1.807, 2.05) is 45.3 Å². The van der Waals surface area contributed by atoms with Crippen LogP contribution in [0, 0.1) is 6.92 Å². The van der Waals surface area contributed by atoms with Crippen LogP contribution in [0.1, 0.15) is 18.4 Å². The number of amides is 1. The highest BCUT2D eigenvalue weighted by atomic mass is 16.5. The molecule has 1 aromatic rings. The molecule has 6 nitrogen and oxygen atoms in total. The van der Waals surface area contributed by atoms with Gasteiger partial charge < -0.3 is 19.3 Å². The lowest BCUT2D eigenvalue weighted by atomic mass is 10.2. The highest BCUT2D eigenvalue weighted by Gasteiger charge is 2.16. The van der Waals surface area contributed by atoms with Gasteiger partial charge in [-0.25, -0.2) is 0 Å². The maximum absolute atomic E-state index is 12.4. The summed E-state index contributed by atoms with van der Waals surface area (Å²) >= 11 is 0. The first kappa shape index (κ1) is 20.0. The molecule has 24 heavy (non-hydrogen) atoms. The van der Waals surface area contributed by atoms with Crippen molar-refractivity contribution >= 4 is 11.9 Å². The molecule has 0 aliphatic rings. The Morgan fingerprint density at radius 3 is 2.29 bits per heavy atom. The summed E-state index contributed by atoms with van der Waals surface area (Å²) in [5.74, 6) is 0.216. The second-order valence-corrected chi connectivity index (χ2v) is 5.97. The molecule has 0 saturated carbocycles. The maximum atomic E-state index is 12.4. The molecule has 0 fully saturated rings. The van der Waals surface area contributed by atoms with E-state index in [1.165, 1.54) is 7.11 Å². The first-order valence-corrected chi connectivity index (χ1v) is 8.11. The largest absolute Gasteiger partial charge is 0.484 e. The second kappa shape index (κ2) is 10.6. The average Bonchev–Trinajstić information content (AvgIpc) is 2.56. The third kappa shape index (κ3) is 7.97. The van der Waals surface area contributed by atoms with Gasteiger partial charge in [0.2, 0.25) is 0 Å². The maximum Gasteiger partial charge on any atom is 0.307 e. The van der Waals surface area contributed by atoms with Gasteiger partial charge in [-0.05, 0) is 46.1 Å². The number of ether oxygens (including phenoxy) is 2. The molecule has 0 aliphatic carbocycles. The Morgan fingerprint density at radius 1 is 1.04 bits per heavy atom. The second-order valence-electron chi connectivity index (χ2n) is 5.97. The summed E-state index contributed by atoms with van der Waals surface area (Å²) in [5.41, 5.74) is 1.14. The minimum atomic E-state index is -0.320. The van der Waals surface area contributed by atoms with E-state index in [-0.39, 0.29) is 24.9 Å². The van der Waals surface area contributed by atoms with E-state index in [9.17, 15) is 9.59 Å². The van der Waals surface area contributed by atoms with E-state index in [0.717, 1.165) is 18.5 Å². The Bertz CT molecular complexity index is 514. The molecule has 1 rings (SSSR count). The standard InChI is InChI=1S/C18H28N2O4/c1-15-6-8-16(9-7-15)24-14-17(21)20(12-5-11-19(2)3)13-10-18(22)23-4/h6-9H,5,10-14H2,1-4H3. The molecule has 0 atom stereocenters. The number of esters is 1. The fraction of sp³-hybridized carbons (Fsp3) is 0.556. The summed E-state index contributed by atoms with van der Waals surface area (Å²) < 4.78 is 10.2. The van der Waals surface area contributed by atoms with Crippen LogP contribution in [0.25, 0.3) is 0 Å². The summed E-state index contributed by atoms with van der Waals surface area (Å²) in [6.45, 7) is 3.77. The van der Waals surface area contributed by atoms with Crippen LogP contribution in [0.15, 0.2) is 24.3 Å². The summed E-state index contributed by atoms with van der Waals surface area (Å²) in [6, 6.07) is 7.55. The smallest absolute Gasteiger partial charge is 0.307 e. The van der Waals surface area contributed by atoms with Gasteiger partial charge in [-0.2, -0.15) is 0 Å². The van der Waals surface area contributed by atoms with Crippen LogP contribution in [0.2, 0.25) is 0 Å². The number of carbonyl (C=O) groups excluding carboxylic acids is 2. The van der Waals surface area contributed by atoms with Gasteiger partial charge in [0, 0.05) is 13.1 Å². The van der Waals surface area contributed by atoms with Crippen molar-refractivity contribution in [2.45, 2.75) is 19.8 Å². The molecule has 0 heterocycles. The van der Waals surface area contributed by atoms with Crippen molar-refractivity contribution in [3.05, 3.63) is 29.8 Å². The molecular formula is C18H28N2O4. The lowest BCUT2D eigenvalue weighted by molar-refractivity contribution is -0.142. The fourth-order valence-corrected chi connectivity index (χ4v) is 2.14. The molecule has 0 aliphatic heterocycles. The quantitative estimate of drug-likeness (QED) is 0.609. The summed E-state index contributed by atoms with van der Waals surface area (Å²) in [5, 5.41) is 0. The Hall–Kier alpha value is -2.08. The third-order valence-corrected chi connectivity index (χ3v) is 3.58. The normalized spacial score (nSPS) is 10.5. The number of carbonyl (C=O) groups is 2. The number of benzene rings is 1. The van der Waals surface area contributed by atoms with Crippen LogP contribution in [-0.2, 0) is 14.3 Å². The SMILES string of the molecule is COC(=O)CCN(CCCN(C)C)C(=O)COc1ccc(C)cc1. The number of rotatable bonds is 10. The van der Waals surface area contributed by atoms with Gasteiger partial charge in [-0.3, -0.25) is 9.59 Å². The van der Waals surface area contributed by atoms with Crippen LogP contribution in [0.4, 0.5) is 0 Å². The molecule has 1 aromatic carbocycles. The first-order valence-electron chi connectivity index (χ1n) is 8.11. The monoisotopic (exact) mass is 336 g/mol. The van der Waals surface area contributed by atoms with E-state index in [2.05, 4.69) is 9.64 Å². The lowest BCUT2D eigenvalue weighted by Gasteiger charge is -2.23. The van der Waals surface area contributed by atoms with Gasteiger partial charge in [0.05, 0.1) is 13.5 Å². The average molecular weight is 336 g/mol. The number of nitrogens with zero attached hydrogens (tertiary/aromatic N) is 2. The minimum Gasteiger partial charge on any atom is -0.484 e. The predicted octanol–water partition coefficient (Wildman–Crippen LogP) is 1.72. The molecule has 1 amide bonds. The molecule has 0 unspecified atom stereocenters. The van der Waals surface area contributed by atoms with Crippen LogP contribution < -0.4 is 4.74 Å². The first-order chi connectivity index (χ1) is 11.4. The lowest BCUT2D eigenvalue weighted by Crippen LogP contribution is -2.38. The summed E-state index contributed by atoms with van der Waals surface area (Å²) in [4.78, 5) is 27.5. The van der Waals surface area contributed by atoms with Crippen LogP contribution in [0.5, 0.6) is 5.75 Å². The number of hydrogen-bond donors (Lipinski definition) is 0. The van der Waals surface area contributed by atoms with E-state index < -0.39 is 0 Å². The Kier molecular flexibility index (Phi) is 8.86. The van der Waals surface area contributed by atoms with Crippen molar-refractivity contribution in [2.75, 3.05) is 47.4 Å². The molecule has 0 spiro atoms. The molecular weight excluding hydrogens is 308 g/mol. The van der Waals surface area contributed by atoms with Crippen molar-refractivity contribution in [2.24, 2.45) is 0 Å². The van der Waals surface area contributed by atoms with Gasteiger partial charge in [0.1, 0.15) is 5.75 Å². The van der Waals surface area contributed by atoms with E-state index in [0.29, 0.717) is 18.8 Å². The zero-order valence-corrected chi connectivity index (χ0v) is 15.1. The van der Waals surface area contributed by atoms with Crippen molar-refractivity contribution in [1.82, 2.24) is 9.80 Å². The van der Waals surface area contributed by atoms with E-state index in [4.69, 9.17) is 4.74 Å². The zero-order valence-electron chi connectivity index (χ0n) is 15.1. The van der Waals surface area contributed by atoms with Gasteiger partial charge in [-0.15, -0.1) is 0 Å². The molecule has 6 heteroatoms.